The molecular formula is C17H17N5O2S2. The number of benzene rings is 1. The molecule has 134 valence electrons. The largest absolute Gasteiger partial charge is 0.353 e. The van der Waals surface area contributed by atoms with Crippen molar-refractivity contribution in [2.24, 2.45) is 5.14 Å². The fourth-order valence-corrected chi connectivity index (χ4v) is 4.39. The van der Waals surface area contributed by atoms with Gasteiger partial charge in [0.05, 0.1) is 16.1 Å². The van der Waals surface area contributed by atoms with Gasteiger partial charge >= 0.3 is 0 Å². The molecular weight excluding hydrogens is 370 g/mol. The number of pyridine rings is 1. The maximum atomic E-state index is 11.6. The zero-order valence-electron chi connectivity index (χ0n) is 13.9. The van der Waals surface area contributed by atoms with E-state index in [4.69, 9.17) is 10.1 Å². The van der Waals surface area contributed by atoms with Crippen LogP contribution in [0.25, 0.3) is 22.3 Å². The average molecular weight is 387 g/mol. The number of nitrogens with two attached hydrogens (primary N) is 1. The highest BCUT2D eigenvalue weighted by atomic mass is 32.2. The Morgan fingerprint density at radius 1 is 1.08 bits per heavy atom. The Balaban J connectivity index is 1.82. The van der Waals surface area contributed by atoms with Crippen molar-refractivity contribution in [2.75, 3.05) is 29.5 Å². The molecule has 1 saturated heterocycles. The molecule has 0 radical (unpaired) electrons. The lowest BCUT2D eigenvalue weighted by molar-refractivity contribution is 0.598. The van der Waals surface area contributed by atoms with Gasteiger partial charge in [0.25, 0.3) is 0 Å². The topological polar surface area (TPSA) is 102 Å². The van der Waals surface area contributed by atoms with Crippen LogP contribution in [0.4, 0.5) is 5.82 Å². The number of rotatable bonds is 3. The normalized spacial score (nSPS) is 15.3. The second-order valence-electron chi connectivity index (χ2n) is 5.93. The molecule has 1 fully saturated rings. The van der Waals surface area contributed by atoms with Crippen LogP contribution in [0, 0.1) is 0 Å². The number of nitrogens with zero attached hydrogens (tertiary/aromatic N) is 4. The van der Waals surface area contributed by atoms with Crippen molar-refractivity contribution in [1.29, 1.82) is 0 Å². The Morgan fingerprint density at radius 2 is 1.88 bits per heavy atom. The molecule has 1 aliphatic rings. The van der Waals surface area contributed by atoms with Gasteiger partial charge in [-0.1, -0.05) is 12.1 Å². The minimum absolute atomic E-state index is 0.0643. The van der Waals surface area contributed by atoms with Gasteiger partial charge in [-0.05, 0) is 24.3 Å². The Labute approximate surface area is 155 Å². The van der Waals surface area contributed by atoms with E-state index in [2.05, 4.69) is 14.9 Å². The second kappa shape index (κ2) is 6.82. The molecule has 0 spiro atoms. The average Bonchev–Trinajstić information content (AvgIpc) is 2.67. The molecule has 26 heavy (non-hydrogen) atoms. The Bertz CT molecular complexity index is 1070. The molecule has 0 aliphatic carbocycles. The van der Waals surface area contributed by atoms with Crippen LogP contribution in [-0.4, -0.2) is 48.0 Å². The van der Waals surface area contributed by atoms with E-state index in [0.29, 0.717) is 11.3 Å². The van der Waals surface area contributed by atoms with Crippen molar-refractivity contribution in [2.45, 2.75) is 4.90 Å². The molecule has 7 nitrogen and oxygen atoms in total. The Hall–Kier alpha value is -2.23. The summed E-state index contributed by atoms with van der Waals surface area (Å²) < 4.78 is 23.2. The van der Waals surface area contributed by atoms with Gasteiger partial charge in [0.2, 0.25) is 10.0 Å². The highest BCUT2D eigenvalue weighted by Gasteiger charge is 2.17. The quantitative estimate of drug-likeness (QED) is 0.732. The van der Waals surface area contributed by atoms with Crippen LogP contribution >= 0.6 is 11.8 Å². The van der Waals surface area contributed by atoms with Crippen LogP contribution in [0.3, 0.4) is 0 Å². The SMILES string of the molecule is NS(=O)(=O)c1cccc(-c2ccc3ncnc(N4CCSCC4)c3n2)c1. The molecule has 9 heteroatoms. The molecule has 2 aromatic heterocycles. The van der Waals surface area contributed by atoms with Crippen molar-refractivity contribution >= 4 is 38.6 Å². The van der Waals surface area contributed by atoms with Crippen molar-refractivity contribution in [3.8, 4) is 11.3 Å². The highest BCUT2D eigenvalue weighted by Crippen LogP contribution is 2.27. The van der Waals surface area contributed by atoms with Gasteiger partial charge in [0.15, 0.2) is 5.82 Å². The van der Waals surface area contributed by atoms with Crippen LogP contribution in [-0.2, 0) is 10.0 Å². The van der Waals surface area contributed by atoms with Gasteiger partial charge in [-0.2, -0.15) is 11.8 Å². The first kappa shape index (κ1) is 17.2. The maximum Gasteiger partial charge on any atom is 0.238 e. The monoisotopic (exact) mass is 387 g/mol. The van der Waals surface area contributed by atoms with E-state index in [9.17, 15) is 8.42 Å². The molecule has 0 saturated carbocycles. The lowest BCUT2D eigenvalue weighted by Crippen LogP contribution is -2.33. The van der Waals surface area contributed by atoms with E-state index in [1.54, 1.807) is 12.4 Å². The van der Waals surface area contributed by atoms with Crippen LogP contribution < -0.4 is 10.0 Å². The van der Waals surface area contributed by atoms with E-state index in [1.165, 1.54) is 12.1 Å². The minimum Gasteiger partial charge on any atom is -0.353 e. The van der Waals surface area contributed by atoms with E-state index in [0.717, 1.165) is 41.4 Å². The van der Waals surface area contributed by atoms with Crippen molar-refractivity contribution in [3.05, 3.63) is 42.7 Å². The van der Waals surface area contributed by atoms with Gasteiger partial charge in [-0.25, -0.2) is 28.5 Å². The molecule has 4 rings (SSSR count). The number of fused-ring (bicyclic) bond motifs is 1. The zero-order chi connectivity index (χ0) is 18.1. The molecule has 1 aliphatic heterocycles. The molecule has 3 heterocycles. The first-order chi connectivity index (χ1) is 12.5. The predicted octanol–water partition coefficient (Wildman–Crippen LogP) is 1.89. The summed E-state index contributed by atoms with van der Waals surface area (Å²) in [5.74, 6) is 2.93. The Morgan fingerprint density at radius 3 is 2.65 bits per heavy atom. The lowest BCUT2D eigenvalue weighted by Gasteiger charge is -2.27. The van der Waals surface area contributed by atoms with Crippen LogP contribution in [0.2, 0.25) is 0 Å². The van der Waals surface area contributed by atoms with Crippen LogP contribution in [0.15, 0.2) is 47.6 Å². The van der Waals surface area contributed by atoms with Gasteiger partial charge < -0.3 is 4.90 Å². The molecule has 1 aromatic carbocycles. The van der Waals surface area contributed by atoms with Gasteiger partial charge in [0.1, 0.15) is 11.8 Å². The molecule has 0 amide bonds. The molecule has 2 N–H and O–H groups in total. The number of thioether (sulfide) groups is 1. The number of aromatic nitrogens is 3. The molecule has 3 aromatic rings. The summed E-state index contributed by atoms with van der Waals surface area (Å²) >= 11 is 1.93. The number of sulfonamides is 1. The summed E-state index contributed by atoms with van der Waals surface area (Å²) in [7, 11) is -3.76. The molecule has 0 unspecified atom stereocenters. The third kappa shape index (κ3) is 3.37. The number of anilines is 1. The summed E-state index contributed by atoms with van der Waals surface area (Å²) in [6, 6.07) is 10.2. The van der Waals surface area contributed by atoms with Gasteiger partial charge in [0, 0.05) is 30.2 Å². The highest BCUT2D eigenvalue weighted by molar-refractivity contribution is 7.99. The first-order valence-electron chi connectivity index (χ1n) is 8.10. The zero-order valence-corrected chi connectivity index (χ0v) is 15.5. The van der Waals surface area contributed by atoms with Crippen LogP contribution in [0.5, 0.6) is 0 Å². The summed E-state index contributed by atoms with van der Waals surface area (Å²) in [6.45, 7) is 1.84. The number of hydrogen-bond acceptors (Lipinski definition) is 7. The van der Waals surface area contributed by atoms with Crippen molar-refractivity contribution in [3.63, 3.8) is 0 Å². The van der Waals surface area contributed by atoms with Crippen molar-refractivity contribution in [1.82, 2.24) is 15.0 Å². The van der Waals surface area contributed by atoms with Gasteiger partial charge in [-0.15, -0.1) is 0 Å². The third-order valence-corrected chi connectivity index (χ3v) is 6.09. The smallest absolute Gasteiger partial charge is 0.238 e. The lowest BCUT2D eigenvalue weighted by atomic mass is 10.1. The number of hydrogen-bond donors (Lipinski definition) is 1. The molecule has 0 bridgehead atoms. The summed E-state index contributed by atoms with van der Waals surface area (Å²) in [5.41, 5.74) is 2.82. The van der Waals surface area contributed by atoms with E-state index < -0.39 is 10.0 Å². The molecule has 0 atom stereocenters. The fourth-order valence-electron chi connectivity index (χ4n) is 2.93. The standard InChI is InChI=1S/C17H17N5O2S2/c18-26(23,24)13-3-1-2-12(10-13)14-4-5-15-16(21-14)17(20-11-19-15)22-6-8-25-9-7-22/h1-5,10-11H,6-9H2,(H2,18,23,24). The van der Waals surface area contributed by atoms with Gasteiger partial charge in [-0.3, -0.25) is 0 Å². The predicted molar refractivity (Wildman–Crippen MR) is 104 cm³/mol. The van der Waals surface area contributed by atoms with Crippen LogP contribution in [0.1, 0.15) is 0 Å². The van der Waals surface area contributed by atoms with E-state index in [1.807, 2.05) is 30.0 Å². The summed E-state index contributed by atoms with van der Waals surface area (Å²) in [6.07, 6.45) is 1.56. The van der Waals surface area contributed by atoms with Crippen molar-refractivity contribution < 1.29 is 8.42 Å². The maximum absolute atomic E-state index is 11.6. The van der Waals surface area contributed by atoms with E-state index >= 15 is 0 Å². The first-order valence-corrected chi connectivity index (χ1v) is 10.8. The minimum atomic E-state index is -3.76. The second-order valence-corrected chi connectivity index (χ2v) is 8.72. The fraction of sp³-hybridized carbons (Fsp3) is 0.235. The number of primary sulfonamides is 1. The summed E-state index contributed by atoms with van der Waals surface area (Å²) in [5, 5.41) is 5.24. The Kier molecular flexibility index (Phi) is 4.51. The van der Waals surface area contributed by atoms with E-state index in [-0.39, 0.29) is 4.90 Å². The summed E-state index contributed by atoms with van der Waals surface area (Å²) in [4.78, 5) is 15.8. The third-order valence-electron chi connectivity index (χ3n) is 4.23.